The number of halogens is 2. The molecule has 0 spiro atoms. The van der Waals surface area contributed by atoms with Gasteiger partial charge in [0.25, 0.3) is 0 Å². The fraction of sp³-hybridized carbons (Fsp3) is 0.323. The summed E-state index contributed by atoms with van der Waals surface area (Å²) in [5.41, 5.74) is 14.2. The SMILES string of the molecule is C=C[C@H](NCCCN=C(N)N)c1ccc(-n2cc3cc(-c4cc(CCCC(C)C)cc(Cl)c4F)[nH]c3nc2=O)cc1. The van der Waals surface area contributed by atoms with Crippen molar-refractivity contribution in [1.29, 1.82) is 0 Å². The zero-order valence-electron chi connectivity index (χ0n) is 23.5. The van der Waals surface area contributed by atoms with Gasteiger partial charge >= 0.3 is 5.69 Å². The standard InChI is InChI=1S/C31H37ClFN7O/c1-4-26(36-13-6-14-37-30(34)35)21-9-11-23(12-10-21)40-18-22-17-27(38-29(22)39-31(40)41)24-15-20(8-5-7-19(2)3)16-25(32)28(24)33/h4,9-12,15-19,26,36H,1,5-8,13-14H2,2-3H3,(H4,34,35,37)(H,38,39,41)/t26-/m0/s1. The van der Waals surface area contributed by atoms with E-state index < -0.39 is 11.5 Å². The average molecular weight is 578 g/mol. The Labute approximate surface area is 244 Å². The lowest BCUT2D eigenvalue weighted by atomic mass is 10.00. The number of aliphatic imine (C=N–C) groups is 1. The van der Waals surface area contributed by atoms with E-state index in [-0.39, 0.29) is 17.0 Å². The van der Waals surface area contributed by atoms with Crippen LogP contribution in [0, 0.1) is 11.7 Å². The highest BCUT2D eigenvalue weighted by molar-refractivity contribution is 6.31. The predicted molar refractivity (Wildman–Crippen MR) is 166 cm³/mol. The Morgan fingerprint density at radius 3 is 2.66 bits per heavy atom. The molecule has 8 nitrogen and oxygen atoms in total. The lowest BCUT2D eigenvalue weighted by molar-refractivity contribution is 0.555. The molecule has 4 aromatic rings. The van der Waals surface area contributed by atoms with Gasteiger partial charge in [-0.05, 0) is 73.2 Å². The fourth-order valence-corrected chi connectivity index (χ4v) is 4.99. The van der Waals surface area contributed by atoms with Crippen LogP contribution in [0.2, 0.25) is 5.02 Å². The first-order chi connectivity index (χ1) is 19.7. The fourth-order valence-electron chi connectivity index (χ4n) is 4.75. The number of rotatable bonds is 13. The summed E-state index contributed by atoms with van der Waals surface area (Å²) < 4.78 is 16.6. The van der Waals surface area contributed by atoms with Gasteiger partial charge in [0.2, 0.25) is 0 Å². The van der Waals surface area contributed by atoms with E-state index in [2.05, 4.69) is 40.7 Å². The highest BCUT2D eigenvalue weighted by Crippen LogP contribution is 2.31. The van der Waals surface area contributed by atoms with Crippen LogP contribution in [0.3, 0.4) is 0 Å². The Balaban J connectivity index is 1.55. The third-order valence-electron chi connectivity index (χ3n) is 6.89. The molecule has 2 heterocycles. The number of hydrogen-bond acceptors (Lipinski definition) is 4. The molecule has 0 radical (unpaired) electrons. The summed E-state index contributed by atoms with van der Waals surface area (Å²) in [6.07, 6.45) is 7.19. The van der Waals surface area contributed by atoms with E-state index in [0.29, 0.717) is 47.0 Å². The van der Waals surface area contributed by atoms with Crippen molar-refractivity contribution in [2.45, 2.75) is 45.6 Å². The van der Waals surface area contributed by atoms with Crippen molar-refractivity contribution in [2.24, 2.45) is 22.4 Å². The molecule has 10 heteroatoms. The molecular weight excluding hydrogens is 541 g/mol. The normalized spacial score (nSPS) is 12.1. The summed E-state index contributed by atoms with van der Waals surface area (Å²) in [6, 6.07) is 12.8. The number of nitrogens with zero attached hydrogens (tertiary/aromatic N) is 3. The molecule has 0 unspecified atom stereocenters. The summed E-state index contributed by atoms with van der Waals surface area (Å²) in [4.78, 5) is 24.2. The van der Waals surface area contributed by atoms with Gasteiger partial charge in [0.15, 0.2) is 11.8 Å². The molecule has 216 valence electrons. The van der Waals surface area contributed by atoms with Gasteiger partial charge < -0.3 is 21.8 Å². The van der Waals surface area contributed by atoms with Crippen LogP contribution >= 0.6 is 11.6 Å². The van der Waals surface area contributed by atoms with Crippen molar-refractivity contribution >= 4 is 28.6 Å². The number of aromatic nitrogens is 3. The van der Waals surface area contributed by atoms with E-state index in [1.807, 2.05) is 36.4 Å². The van der Waals surface area contributed by atoms with E-state index in [9.17, 15) is 4.79 Å². The van der Waals surface area contributed by atoms with Crippen molar-refractivity contribution in [3.8, 4) is 16.9 Å². The van der Waals surface area contributed by atoms with E-state index in [0.717, 1.165) is 36.8 Å². The molecule has 0 aliphatic rings. The van der Waals surface area contributed by atoms with Gasteiger partial charge in [0, 0.05) is 23.7 Å². The third kappa shape index (κ3) is 7.62. The van der Waals surface area contributed by atoms with E-state index in [1.165, 1.54) is 4.57 Å². The summed E-state index contributed by atoms with van der Waals surface area (Å²) in [5.74, 6) is 0.179. The van der Waals surface area contributed by atoms with Crippen LogP contribution in [0.15, 0.2) is 71.1 Å². The lowest BCUT2D eigenvalue weighted by Crippen LogP contribution is -2.24. The topological polar surface area (TPSA) is 127 Å². The van der Waals surface area contributed by atoms with Crippen LogP contribution in [0.25, 0.3) is 28.0 Å². The van der Waals surface area contributed by atoms with Crippen molar-refractivity contribution in [1.82, 2.24) is 19.9 Å². The molecular formula is C31H37ClFN7O. The van der Waals surface area contributed by atoms with Crippen LogP contribution in [0.5, 0.6) is 0 Å². The summed E-state index contributed by atoms with van der Waals surface area (Å²) in [7, 11) is 0. The maximum atomic E-state index is 15.1. The highest BCUT2D eigenvalue weighted by Gasteiger charge is 2.16. The molecule has 0 fully saturated rings. The molecule has 2 aromatic carbocycles. The van der Waals surface area contributed by atoms with Crippen molar-refractivity contribution in [3.63, 3.8) is 0 Å². The number of H-pyrrole nitrogens is 1. The van der Waals surface area contributed by atoms with Crippen LogP contribution in [-0.4, -0.2) is 33.6 Å². The summed E-state index contributed by atoms with van der Waals surface area (Å²) in [6.45, 7) is 9.54. The van der Waals surface area contributed by atoms with Crippen molar-refractivity contribution < 1.29 is 4.39 Å². The first-order valence-corrected chi connectivity index (χ1v) is 14.2. The quantitative estimate of drug-likeness (QED) is 0.0708. The molecule has 0 saturated carbocycles. The van der Waals surface area contributed by atoms with Gasteiger partial charge in [-0.1, -0.05) is 50.1 Å². The number of aryl methyl sites for hydroxylation is 1. The minimum Gasteiger partial charge on any atom is -0.370 e. The Morgan fingerprint density at radius 2 is 1.98 bits per heavy atom. The lowest BCUT2D eigenvalue weighted by Gasteiger charge is -2.15. The second kappa shape index (κ2) is 13.6. The van der Waals surface area contributed by atoms with Gasteiger partial charge in [-0.25, -0.2) is 9.18 Å². The number of fused-ring (bicyclic) bond motifs is 1. The van der Waals surface area contributed by atoms with Crippen LogP contribution in [0.1, 0.15) is 50.3 Å². The number of hydrogen-bond donors (Lipinski definition) is 4. The van der Waals surface area contributed by atoms with E-state index in [1.54, 1.807) is 18.3 Å². The number of benzene rings is 2. The Bertz CT molecular complexity index is 1590. The van der Waals surface area contributed by atoms with Gasteiger partial charge in [0.05, 0.1) is 22.4 Å². The molecule has 2 aromatic heterocycles. The van der Waals surface area contributed by atoms with Gasteiger partial charge in [-0.2, -0.15) is 4.98 Å². The van der Waals surface area contributed by atoms with Gasteiger partial charge in [-0.3, -0.25) is 9.56 Å². The highest BCUT2D eigenvalue weighted by atomic mass is 35.5. The van der Waals surface area contributed by atoms with Crippen molar-refractivity contribution in [3.05, 3.63) is 93.8 Å². The first kappa shape index (κ1) is 30.0. The number of nitrogens with two attached hydrogens (primary N) is 2. The summed E-state index contributed by atoms with van der Waals surface area (Å²) >= 11 is 6.25. The molecule has 4 rings (SSSR count). The van der Waals surface area contributed by atoms with Gasteiger partial charge in [-0.15, -0.1) is 6.58 Å². The van der Waals surface area contributed by atoms with Gasteiger partial charge in [0.1, 0.15) is 5.65 Å². The molecule has 1 atom stereocenters. The molecule has 0 aliphatic heterocycles. The molecule has 41 heavy (non-hydrogen) atoms. The third-order valence-corrected chi connectivity index (χ3v) is 7.17. The molecule has 0 amide bonds. The van der Waals surface area contributed by atoms with Crippen LogP contribution < -0.4 is 22.5 Å². The minimum absolute atomic E-state index is 0.0735. The van der Waals surface area contributed by atoms with Crippen molar-refractivity contribution in [2.75, 3.05) is 13.1 Å². The monoisotopic (exact) mass is 577 g/mol. The molecule has 6 N–H and O–H groups in total. The average Bonchev–Trinajstić information content (AvgIpc) is 3.34. The largest absolute Gasteiger partial charge is 0.370 e. The summed E-state index contributed by atoms with van der Waals surface area (Å²) in [5, 5.41) is 4.16. The maximum absolute atomic E-state index is 15.1. The second-order valence-corrected chi connectivity index (χ2v) is 10.9. The van der Waals surface area contributed by atoms with Crippen LogP contribution in [-0.2, 0) is 6.42 Å². The zero-order chi connectivity index (χ0) is 29.5. The smallest absolute Gasteiger partial charge is 0.354 e. The van der Waals surface area contributed by atoms with Crippen LogP contribution in [0.4, 0.5) is 4.39 Å². The molecule has 0 saturated heterocycles. The van der Waals surface area contributed by atoms with E-state index in [4.69, 9.17) is 23.1 Å². The number of nitrogens with one attached hydrogen (secondary N) is 2. The maximum Gasteiger partial charge on any atom is 0.354 e. The Hall–Kier alpha value is -3.95. The Morgan fingerprint density at radius 1 is 1.22 bits per heavy atom. The zero-order valence-corrected chi connectivity index (χ0v) is 24.2. The predicted octanol–water partition coefficient (Wildman–Crippen LogP) is 5.63. The first-order valence-electron chi connectivity index (χ1n) is 13.8. The number of guanidine groups is 1. The molecule has 0 aliphatic carbocycles. The Kier molecular flexibility index (Phi) is 9.96. The number of aromatic amines is 1. The second-order valence-electron chi connectivity index (χ2n) is 10.5. The minimum atomic E-state index is -0.502. The van der Waals surface area contributed by atoms with E-state index >= 15 is 4.39 Å². The molecule has 0 bridgehead atoms.